The van der Waals surface area contributed by atoms with Crippen LogP contribution in [0.3, 0.4) is 0 Å². The number of pyridine rings is 2. The van der Waals surface area contributed by atoms with Gasteiger partial charge >= 0.3 is 0 Å². The smallest absolute Gasteiger partial charge is 0.254 e. The van der Waals surface area contributed by atoms with Crippen LogP contribution in [0.4, 0.5) is 11.5 Å². The summed E-state index contributed by atoms with van der Waals surface area (Å²) >= 11 is 0. The van der Waals surface area contributed by atoms with Crippen molar-refractivity contribution >= 4 is 23.1 Å². The fourth-order valence-corrected chi connectivity index (χ4v) is 5.94. The number of fused-ring (bicyclic) bond motifs is 2. The number of morpholine rings is 1. The number of ether oxygens (including phenoxy) is 2. The molecule has 200 valence electrons. The lowest BCUT2D eigenvalue weighted by atomic mass is 9.96. The second kappa shape index (κ2) is 10.1. The summed E-state index contributed by atoms with van der Waals surface area (Å²) in [6, 6.07) is 12.4. The van der Waals surface area contributed by atoms with Crippen LogP contribution >= 0.6 is 0 Å². The summed E-state index contributed by atoms with van der Waals surface area (Å²) in [4.78, 5) is 25.1. The van der Waals surface area contributed by atoms with Crippen molar-refractivity contribution in [3.05, 3.63) is 76.7 Å². The van der Waals surface area contributed by atoms with Crippen molar-refractivity contribution < 1.29 is 14.3 Å². The average Bonchev–Trinajstić information content (AvgIpc) is 3.71. The molecular weight excluding hydrogens is 492 g/mol. The number of amides is 1. The van der Waals surface area contributed by atoms with Crippen LogP contribution < -0.4 is 10.6 Å². The Kier molecular flexibility index (Phi) is 6.27. The predicted octanol–water partition coefficient (Wildman–Crippen LogP) is 4.03. The molecule has 39 heavy (non-hydrogen) atoms. The molecule has 1 amide bonds. The van der Waals surface area contributed by atoms with Crippen molar-refractivity contribution in [3.63, 3.8) is 0 Å². The van der Waals surface area contributed by atoms with Crippen LogP contribution in [-0.4, -0.2) is 64.7 Å². The predicted molar refractivity (Wildman–Crippen MR) is 148 cm³/mol. The third kappa shape index (κ3) is 4.56. The van der Waals surface area contributed by atoms with Gasteiger partial charge in [0, 0.05) is 50.5 Å². The molecule has 2 saturated heterocycles. The maximum absolute atomic E-state index is 13.0. The van der Waals surface area contributed by atoms with Crippen LogP contribution in [0, 0.1) is 6.92 Å². The Balaban J connectivity index is 1.23. The van der Waals surface area contributed by atoms with E-state index < -0.39 is 0 Å². The summed E-state index contributed by atoms with van der Waals surface area (Å²) in [6.07, 6.45) is 4.93. The van der Waals surface area contributed by atoms with E-state index in [1.165, 1.54) is 5.56 Å². The van der Waals surface area contributed by atoms with E-state index in [0.29, 0.717) is 18.0 Å². The quantitative estimate of drug-likeness (QED) is 0.393. The Labute approximate surface area is 227 Å². The number of nitrogens with one attached hydrogen (secondary N) is 2. The highest BCUT2D eigenvalue weighted by Crippen LogP contribution is 2.36. The summed E-state index contributed by atoms with van der Waals surface area (Å²) in [5, 5.41) is 6.50. The minimum Gasteiger partial charge on any atom is -0.381 e. The van der Waals surface area contributed by atoms with Gasteiger partial charge < -0.3 is 20.1 Å². The molecule has 0 aliphatic carbocycles. The molecule has 2 fully saturated rings. The summed E-state index contributed by atoms with van der Waals surface area (Å²) in [5.74, 6) is 1.03. The van der Waals surface area contributed by atoms with Gasteiger partial charge in [-0.1, -0.05) is 12.1 Å². The molecule has 9 heteroatoms. The highest BCUT2D eigenvalue weighted by atomic mass is 16.5. The zero-order valence-corrected chi connectivity index (χ0v) is 22.1. The number of rotatable bonds is 6. The monoisotopic (exact) mass is 524 g/mol. The van der Waals surface area contributed by atoms with Gasteiger partial charge in [0.15, 0.2) is 0 Å². The van der Waals surface area contributed by atoms with Gasteiger partial charge in [0.1, 0.15) is 11.5 Å². The topological polar surface area (TPSA) is 93.0 Å². The molecule has 4 aromatic rings. The van der Waals surface area contributed by atoms with E-state index >= 15 is 0 Å². The van der Waals surface area contributed by atoms with Crippen LogP contribution in [0.15, 0.2) is 48.8 Å². The molecule has 3 aliphatic heterocycles. The van der Waals surface area contributed by atoms with Gasteiger partial charge in [-0.05, 0) is 54.3 Å². The third-order valence-corrected chi connectivity index (χ3v) is 8.03. The highest BCUT2D eigenvalue weighted by molar-refractivity contribution is 6.06. The molecule has 7 rings (SSSR count). The molecule has 3 aromatic heterocycles. The first-order valence-corrected chi connectivity index (χ1v) is 13.7. The fraction of sp³-hybridized carbons (Fsp3) is 0.367. The molecule has 0 saturated carbocycles. The summed E-state index contributed by atoms with van der Waals surface area (Å²) < 4.78 is 13.3. The van der Waals surface area contributed by atoms with Crippen molar-refractivity contribution in [3.8, 4) is 11.3 Å². The number of anilines is 2. The number of hydrogen-bond donors (Lipinski definition) is 2. The van der Waals surface area contributed by atoms with Crippen LogP contribution in [-0.2, 0) is 22.6 Å². The Hall–Kier alpha value is -3.79. The molecule has 1 atom stereocenters. The molecule has 9 nitrogen and oxygen atoms in total. The van der Waals surface area contributed by atoms with E-state index in [2.05, 4.69) is 56.1 Å². The maximum Gasteiger partial charge on any atom is 0.254 e. The lowest BCUT2D eigenvalue weighted by Crippen LogP contribution is -2.36. The number of nitrogens with zero attached hydrogens (tertiary/aromatic N) is 4. The summed E-state index contributed by atoms with van der Waals surface area (Å²) in [7, 11) is 0. The van der Waals surface area contributed by atoms with Crippen molar-refractivity contribution in [1.29, 1.82) is 0 Å². The van der Waals surface area contributed by atoms with Crippen LogP contribution in [0.2, 0.25) is 0 Å². The van der Waals surface area contributed by atoms with E-state index in [-0.39, 0.29) is 5.91 Å². The van der Waals surface area contributed by atoms with Crippen LogP contribution in [0.5, 0.6) is 0 Å². The molecular formula is C30H32N6O3. The number of carbonyl (C=O) groups excluding carboxylic acids is 1. The standard InChI is InChI=1S/C30H32N6O3/c1-19-6-8-36-26(16-31-28(36)14-19)22-2-4-24(29-23(22)15-32-30(29)37)33-27-5-3-21(20-7-11-39-18-20)25(34-27)17-35-9-12-38-13-10-35/h2-6,8,14,16,20H,7,9-13,15,17-18H2,1H3,(H,32,37)(H,33,34). The molecule has 2 N–H and O–H groups in total. The molecule has 6 heterocycles. The second-order valence-corrected chi connectivity index (χ2v) is 10.6. The SMILES string of the molecule is Cc1ccn2c(-c3ccc(Nc4ccc(C5CCOC5)c(CN5CCOCC5)n4)c4c3CNC4=O)cnc2c1. The normalized spacial score (nSPS) is 19.4. The molecule has 3 aliphatic rings. The number of carbonyl (C=O) groups is 1. The molecule has 0 radical (unpaired) electrons. The Morgan fingerprint density at radius 2 is 2.00 bits per heavy atom. The zero-order valence-electron chi connectivity index (χ0n) is 22.1. The number of hydrogen-bond acceptors (Lipinski definition) is 7. The van der Waals surface area contributed by atoms with E-state index in [9.17, 15) is 4.79 Å². The minimum absolute atomic E-state index is 0.0766. The van der Waals surface area contributed by atoms with Crippen molar-refractivity contribution in [2.24, 2.45) is 0 Å². The number of benzene rings is 1. The lowest BCUT2D eigenvalue weighted by Gasteiger charge is -2.27. The summed E-state index contributed by atoms with van der Waals surface area (Å²) in [5.41, 5.74) is 8.74. The third-order valence-electron chi connectivity index (χ3n) is 8.03. The Morgan fingerprint density at radius 3 is 2.85 bits per heavy atom. The Morgan fingerprint density at radius 1 is 1.10 bits per heavy atom. The van der Waals surface area contributed by atoms with Crippen molar-refractivity contribution in [2.45, 2.75) is 32.4 Å². The first-order chi connectivity index (χ1) is 19.1. The number of aromatic nitrogens is 3. The van der Waals surface area contributed by atoms with Crippen LogP contribution in [0.25, 0.3) is 16.9 Å². The Bertz CT molecular complexity index is 1550. The number of aryl methyl sites for hydroxylation is 1. The van der Waals surface area contributed by atoms with Gasteiger partial charge in [0.2, 0.25) is 0 Å². The van der Waals surface area contributed by atoms with E-state index in [0.717, 1.165) is 97.7 Å². The largest absolute Gasteiger partial charge is 0.381 e. The minimum atomic E-state index is -0.0766. The molecule has 1 aromatic carbocycles. The lowest BCUT2D eigenvalue weighted by molar-refractivity contribution is 0.0335. The first kappa shape index (κ1) is 24.3. The van der Waals surface area contributed by atoms with Gasteiger partial charge in [-0.3, -0.25) is 14.1 Å². The molecule has 0 bridgehead atoms. The van der Waals surface area contributed by atoms with Gasteiger partial charge in [-0.25, -0.2) is 9.97 Å². The van der Waals surface area contributed by atoms with Gasteiger partial charge in [0.05, 0.1) is 48.7 Å². The highest BCUT2D eigenvalue weighted by Gasteiger charge is 2.28. The first-order valence-electron chi connectivity index (χ1n) is 13.7. The van der Waals surface area contributed by atoms with Gasteiger partial charge in [0.25, 0.3) is 5.91 Å². The van der Waals surface area contributed by atoms with Crippen molar-refractivity contribution in [2.75, 3.05) is 44.8 Å². The zero-order chi connectivity index (χ0) is 26.3. The second-order valence-electron chi connectivity index (χ2n) is 10.6. The van der Waals surface area contributed by atoms with Crippen LogP contribution in [0.1, 0.15) is 45.1 Å². The van der Waals surface area contributed by atoms with Gasteiger partial charge in [-0.15, -0.1) is 0 Å². The van der Waals surface area contributed by atoms with Crippen molar-refractivity contribution in [1.82, 2.24) is 24.6 Å². The molecule has 1 unspecified atom stereocenters. The number of imidazole rings is 1. The van der Waals surface area contributed by atoms with Gasteiger partial charge in [-0.2, -0.15) is 0 Å². The fourth-order valence-electron chi connectivity index (χ4n) is 5.94. The summed E-state index contributed by atoms with van der Waals surface area (Å²) in [6.45, 7) is 8.15. The van der Waals surface area contributed by atoms with E-state index in [1.807, 2.05) is 24.5 Å². The maximum atomic E-state index is 13.0. The van der Waals surface area contributed by atoms with E-state index in [4.69, 9.17) is 14.5 Å². The molecule has 0 spiro atoms. The van der Waals surface area contributed by atoms with E-state index in [1.54, 1.807) is 0 Å². The average molecular weight is 525 g/mol.